The highest BCUT2D eigenvalue weighted by Gasteiger charge is 2.29. The SMILES string of the molecule is COc1ccc(C2=NN(C(=O)c3cc(F)c(F)c(F)c3F)CC2)cc1OC. The zero-order chi connectivity index (χ0) is 19.7. The van der Waals surface area contributed by atoms with Crippen molar-refractivity contribution >= 4 is 11.6 Å². The number of hydrazone groups is 1. The lowest BCUT2D eigenvalue weighted by atomic mass is 10.1. The van der Waals surface area contributed by atoms with E-state index in [4.69, 9.17) is 9.47 Å². The predicted octanol–water partition coefficient (Wildman–Crippen LogP) is 3.51. The van der Waals surface area contributed by atoms with Crippen LogP contribution in [0, 0.1) is 23.3 Å². The van der Waals surface area contributed by atoms with Crippen LogP contribution in [-0.4, -0.2) is 37.4 Å². The van der Waals surface area contributed by atoms with E-state index in [9.17, 15) is 22.4 Å². The van der Waals surface area contributed by atoms with E-state index in [0.29, 0.717) is 35.3 Å². The largest absolute Gasteiger partial charge is 0.493 e. The summed E-state index contributed by atoms with van der Waals surface area (Å²) in [6.07, 6.45) is 0.328. The maximum absolute atomic E-state index is 13.8. The molecule has 27 heavy (non-hydrogen) atoms. The highest BCUT2D eigenvalue weighted by molar-refractivity contribution is 6.04. The lowest BCUT2D eigenvalue weighted by molar-refractivity contribution is 0.0771. The minimum Gasteiger partial charge on any atom is -0.493 e. The Morgan fingerprint density at radius 2 is 1.70 bits per heavy atom. The molecular weight excluding hydrogens is 368 g/mol. The third kappa shape index (κ3) is 3.32. The van der Waals surface area contributed by atoms with Gasteiger partial charge in [-0.3, -0.25) is 4.79 Å². The smallest absolute Gasteiger partial charge is 0.277 e. The number of rotatable bonds is 4. The predicted molar refractivity (Wildman–Crippen MR) is 88.0 cm³/mol. The molecule has 0 spiro atoms. The van der Waals surface area contributed by atoms with Crippen molar-refractivity contribution in [3.05, 3.63) is 58.7 Å². The average Bonchev–Trinajstić information content (AvgIpc) is 3.18. The van der Waals surface area contributed by atoms with E-state index in [2.05, 4.69) is 5.10 Å². The summed E-state index contributed by atoms with van der Waals surface area (Å²) < 4.78 is 64.0. The molecule has 1 aliphatic rings. The van der Waals surface area contributed by atoms with Crippen LogP contribution in [0.3, 0.4) is 0 Å². The Labute approximate surface area is 151 Å². The van der Waals surface area contributed by atoms with Crippen LogP contribution in [-0.2, 0) is 0 Å². The van der Waals surface area contributed by atoms with Crippen molar-refractivity contribution in [2.24, 2.45) is 5.10 Å². The van der Waals surface area contributed by atoms with Crippen LogP contribution in [0.1, 0.15) is 22.3 Å². The van der Waals surface area contributed by atoms with Crippen LogP contribution in [0.4, 0.5) is 17.6 Å². The third-order valence-electron chi connectivity index (χ3n) is 4.09. The summed E-state index contributed by atoms with van der Waals surface area (Å²) in [4.78, 5) is 12.4. The van der Waals surface area contributed by atoms with Gasteiger partial charge in [0.2, 0.25) is 0 Å². The number of nitrogens with zero attached hydrogens (tertiary/aromatic N) is 2. The molecule has 0 atom stereocenters. The first-order chi connectivity index (χ1) is 12.9. The maximum Gasteiger partial charge on any atom is 0.277 e. The summed E-state index contributed by atoms with van der Waals surface area (Å²) in [5.74, 6) is -7.53. The number of halogens is 4. The molecule has 3 rings (SSSR count). The fourth-order valence-corrected chi connectivity index (χ4v) is 2.69. The molecule has 1 heterocycles. The van der Waals surface area contributed by atoms with E-state index >= 15 is 0 Å². The van der Waals surface area contributed by atoms with E-state index in [1.807, 2.05) is 0 Å². The number of ether oxygens (including phenoxy) is 2. The van der Waals surface area contributed by atoms with Crippen molar-refractivity contribution < 1.29 is 31.8 Å². The quantitative estimate of drug-likeness (QED) is 0.462. The molecule has 0 fully saturated rings. The molecule has 0 unspecified atom stereocenters. The molecule has 5 nitrogen and oxygen atoms in total. The highest BCUT2D eigenvalue weighted by atomic mass is 19.2. The highest BCUT2D eigenvalue weighted by Crippen LogP contribution is 2.29. The fraction of sp³-hybridized carbons (Fsp3) is 0.222. The molecule has 1 aliphatic heterocycles. The molecule has 1 amide bonds. The molecule has 0 saturated heterocycles. The first kappa shape index (κ1) is 18.7. The second kappa shape index (κ2) is 7.26. The normalized spacial score (nSPS) is 13.6. The number of benzene rings is 2. The van der Waals surface area contributed by atoms with Crippen LogP contribution >= 0.6 is 0 Å². The Morgan fingerprint density at radius 1 is 1.00 bits per heavy atom. The summed E-state index contributed by atoms with van der Waals surface area (Å²) in [7, 11) is 2.95. The standard InChI is InChI=1S/C18H14F4N2O3/c1-26-13-4-3-9(7-14(13)27-2)12-5-6-24(23-12)18(25)10-8-11(19)16(21)17(22)15(10)20/h3-4,7-8H,5-6H2,1-2H3. The van der Waals surface area contributed by atoms with E-state index in [-0.39, 0.29) is 6.54 Å². The van der Waals surface area contributed by atoms with Crippen LogP contribution in [0.5, 0.6) is 11.5 Å². The molecule has 0 radical (unpaired) electrons. The van der Waals surface area contributed by atoms with Crippen molar-refractivity contribution in [3.8, 4) is 11.5 Å². The van der Waals surface area contributed by atoms with E-state index < -0.39 is 34.7 Å². The lowest BCUT2D eigenvalue weighted by Crippen LogP contribution is -2.25. The Hall–Kier alpha value is -3.10. The lowest BCUT2D eigenvalue weighted by Gasteiger charge is -2.12. The van der Waals surface area contributed by atoms with Gasteiger partial charge in [-0.1, -0.05) is 0 Å². The zero-order valence-corrected chi connectivity index (χ0v) is 14.4. The van der Waals surface area contributed by atoms with Gasteiger partial charge in [-0.15, -0.1) is 0 Å². The van der Waals surface area contributed by atoms with Gasteiger partial charge in [-0.2, -0.15) is 5.10 Å². The molecule has 2 aromatic rings. The first-order valence-corrected chi connectivity index (χ1v) is 7.82. The van der Waals surface area contributed by atoms with Crippen molar-refractivity contribution in [2.45, 2.75) is 6.42 Å². The molecule has 142 valence electrons. The minimum atomic E-state index is -2.04. The van der Waals surface area contributed by atoms with Crippen LogP contribution < -0.4 is 9.47 Å². The van der Waals surface area contributed by atoms with Gasteiger partial charge >= 0.3 is 0 Å². The number of hydrogen-bond donors (Lipinski definition) is 0. The fourth-order valence-electron chi connectivity index (χ4n) is 2.69. The summed E-state index contributed by atoms with van der Waals surface area (Å²) in [6, 6.07) is 5.33. The second-order valence-electron chi connectivity index (χ2n) is 5.64. The number of hydrogen-bond acceptors (Lipinski definition) is 4. The number of carbonyl (C=O) groups excluding carboxylic acids is 1. The van der Waals surface area contributed by atoms with E-state index in [1.54, 1.807) is 18.2 Å². The van der Waals surface area contributed by atoms with Gasteiger partial charge in [0.15, 0.2) is 34.8 Å². The molecular formula is C18H14F4N2O3. The van der Waals surface area contributed by atoms with Crippen molar-refractivity contribution in [2.75, 3.05) is 20.8 Å². The Balaban J connectivity index is 1.91. The molecule has 0 aromatic heterocycles. The first-order valence-electron chi connectivity index (χ1n) is 7.82. The third-order valence-corrected chi connectivity index (χ3v) is 4.09. The van der Waals surface area contributed by atoms with Gasteiger partial charge in [-0.05, 0) is 24.3 Å². The Morgan fingerprint density at radius 3 is 2.37 bits per heavy atom. The van der Waals surface area contributed by atoms with Gasteiger partial charge in [0.05, 0.1) is 32.0 Å². The number of methoxy groups -OCH3 is 2. The van der Waals surface area contributed by atoms with Crippen LogP contribution in [0.15, 0.2) is 29.4 Å². The van der Waals surface area contributed by atoms with Gasteiger partial charge in [-0.25, -0.2) is 22.6 Å². The summed E-state index contributed by atoms with van der Waals surface area (Å²) in [5, 5.41) is 4.96. The molecule has 0 aliphatic carbocycles. The molecule has 2 aromatic carbocycles. The summed E-state index contributed by atoms with van der Waals surface area (Å²) in [5.41, 5.74) is 0.205. The van der Waals surface area contributed by atoms with Crippen LogP contribution in [0.25, 0.3) is 0 Å². The van der Waals surface area contributed by atoms with Crippen LogP contribution in [0.2, 0.25) is 0 Å². The van der Waals surface area contributed by atoms with E-state index in [1.165, 1.54) is 14.2 Å². The van der Waals surface area contributed by atoms with Gasteiger partial charge < -0.3 is 9.47 Å². The summed E-state index contributed by atoms with van der Waals surface area (Å²) >= 11 is 0. The summed E-state index contributed by atoms with van der Waals surface area (Å²) in [6.45, 7) is 0.0720. The molecule has 0 bridgehead atoms. The van der Waals surface area contributed by atoms with Crippen molar-refractivity contribution in [1.29, 1.82) is 0 Å². The van der Waals surface area contributed by atoms with Crippen molar-refractivity contribution in [3.63, 3.8) is 0 Å². The van der Waals surface area contributed by atoms with Gasteiger partial charge in [0.1, 0.15) is 0 Å². The molecule has 9 heteroatoms. The monoisotopic (exact) mass is 382 g/mol. The number of carbonyl (C=O) groups is 1. The second-order valence-corrected chi connectivity index (χ2v) is 5.64. The molecule has 0 saturated carbocycles. The van der Waals surface area contributed by atoms with Gasteiger partial charge in [0, 0.05) is 12.0 Å². The topological polar surface area (TPSA) is 51.1 Å². The minimum absolute atomic E-state index is 0.0720. The maximum atomic E-state index is 13.8. The zero-order valence-electron chi connectivity index (χ0n) is 14.4. The Bertz CT molecular complexity index is 947. The average molecular weight is 382 g/mol. The number of amides is 1. The van der Waals surface area contributed by atoms with Crippen molar-refractivity contribution in [1.82, 2.24) is 5.01 Å². The van der Waals surface area contributed by atoms with Gasteiger partial charge in [0.25, 0.3) is 5.91 Å². The molecule has 0 N–H and O–H groups in total. The van der Waals surface area contributed by atoms with E-state index in [0.717, 1.165) is 5.01 Å². The Kier molecular flexibility index (Phi) is 5.02.